The summed E-state index contributed by atoms with van der Waals surface area (Å²) >= 11 is 12.3. The van der Waals surface area contributed by atoms with Crippen molar-refractivity contribution in [2.24, 2.45) is 0 Å². The first-order valence-electron chi connectivity index (χ1n) is 6.28. The van der Waals surface area contributed by atoms with E-state index in [2.05, 4.69) is 0 Å². The van der Waals surface area contributed by atoms with E-state index in [1.54, 1.807) is 0 Å². The quantitative estimate of drug-likeness (QED) is 0.775. The molecule has 0 saturated heterocycles. The zero-order valence-electron chi connectivity index (χ0n) is 10.7. The number of carboxylic acids is 1. The third kappa shape index (κ3) is 3.75. The third-order valence-electron chi connectivity index (χ3n) is 3.07. The number of halogens is 2. The molecular formula is C16H14Cl2O2. The Bertz CT molecular complexity index is 594. The van der Waals surface area contributed by atoms with Crippen molar-refractivity contribution in [2.75, 3.05) is 0 Å². The Morgan fingerprint density at radius 1 is 1.10 bits per heavy atom. The first kappa shape index (κ1) is 14.9. The fraction of sp³-hybridized carbons (Fsp3) is 0.188. The van der Waals surface area contributed by atoms with Crippen LogP contribution in [-0.4, -0.2) is 11.1 Å². The lowest BCUT2D eigenvalue weighted by molar-refractivity contribution is -0.137. The van der Waals surface area contributed by atoms with E-state index in [9.17, 15) is 4.79 Å². The second-order valence-electron chi connectivity index (χ2n) is 4.50. The predicted octanol–water partition coefficient (Wildman–Crippen LogP) is 5.15. The van der Waals surface area contributed by atoms with Crippen LogP contribution in [0.3, 0.4) is 0 Å². The van der Waals surface area contributed by atoms with Crippen molar-refractivity contribution in [2.45, 2.75) is 18.2 Å². The molecule has 2 aromatic rings. The molecule has 0 saturated carbocycles. The molecule has 0 heterocycles. The van der Waals surface area contributed by atoms with E-state index in [-0.39, 0.29) is 11.8 Å². The molecule has 0 aromatic heterocycles. The normalized spacial score (nSPS) is 12.1. The summed E-state index contributed by atoms with van der Waals surface area (Å²) in [7, 11) is 0. The molecule has 1 unspecified atom stereocenters. The number of carboxylic acid groups (broad SMARTS) is 1. The lowest BCUT2D eigenvalue weighted by Crippen LogP contribution is -1.98. The highest BCUT2D eigenvalue weighted by Crippen LogP contribution is 2.31. The van der Waals surface area contributed by atoms with E-state index in [0.29, 0.717) is 11.4 Å². The molecule has 0 fully saturated rings. The van der Waals surface area contributed by atoms with Gasteiger partial charge in [0.15, 0.2) is 0 Å². The van der Waals surface area contributed by atoms with Gasteiger partial charge in [-0.3, -0.25) is 4.79 Å². The van der Waals surface area contributed by atoms with Crippen LogP contribution in [0.1, 0.15) is 23.8 Å². The minimum Gasteiger partial charge on any atom is -0.481 e. The molecule has 0 spiro atoms. The van der Waals surface area contributed by atoms with Gasteiger partial charge < -0.3 is 5.11 Å². The first-order valence-corrected chi connectivity index (χ1v) is 7.10. The van der Waals surface area contributed by atoms with E-state index in [0.717, 1.165) is 16.7 Å². The maximum atomic E-state index is 10.5. The topological polar surface area (TPSA) is 37.3 Å². The van der Waals surface area contributed by atoms with Crippen molar-refractivity contribution in [3.05, 3.63) is 59.1 Å². The van der Waals surface area contributed by atoms with Crippen LogP contribution < -0.4 is 0 Å². The molecule has 20 heavy (non-hydrogen) atoms. The molecule has 0 bridgehead atoms. The van der Waals surface area contributed by atoms with Gasteiger partial charge in [-0.2, -0.15) is 0 Å². The van der Waals surface area contributed by atoms with Crippen molar-refractivity contribution in [1.82, 2.24) is 0 Å². The standard InChI is InChI=1S/C16H14Cl2O2/c17-14(9-10-16(19)20)12-7-5-11(6-8-12)13-3-1-2-4-15(13)18/h1-8,14H,9-10H2,(H,19,20). The molecule has 0 aliphatic carbocycles. The number of alkyl halides is 1. The third-order valence-corrected chi connectivity index (χ3v) is 3.87. The summed E-state index contributed by atoms with van der Waals surface area (Å²) in [6, 6.07) is 15.4. The predicted molar refractivity (Wildman–Crippen MR) is 82.4 cm³/mol. The summed E-state index contributed by atoms with van der Waals surface area (Å²) in [6.07, 6.45) is 0.489. The van der Waals surface area contributed by atoms with Crippen LogP contribution in [0.25, 0.3) is 11.1 Å². The number of benzene rings is 2. The van der Waals surface area contributed by atoms with Crippen LogP contribution in [0.15, 0.2) is 48.5 Å². The van der Waals surface area contributed by atoms with Crippen LogP contribution in [0.5, 0.6) is 0 Å². The van der Waals surface area contributed by atoms with Gasteiger partial charge in [-0.05, 0) is 23.6 Å². The second kappa shape index (κ2) is 6.78. The highest BCUT2D eigenvalue weighted by Gasteiger charge is 2.10. The monoisotopic (exact) mass is 308 g/mol. The summed E-state index contributed by atoms with van der Waals surface area (Å²) in [5.41, 5.74) is 2.91. The summed E-state index contributed by atoms with van der Waals surface area (Å²) in [5, 5.41) is 9.08. The summed E-state index contributed by atoms with van der Waals surface area (Å²) in [4.78, 5) is 10.5. The van der Waals surface area contributed by atoms with E-state index in [1.807, 2.05) is 48.5 Å². The fourth-order valence-electron chi connectivity index (χ4n) is 1.98. The van der Waals surface area contributed by atoms with Gasteiger partial charge in [-0.1, -0.05) is 54.1 Å². The molecule has 1 atom stereocenters. The Labute approximate surface area is 128 Å². The number of carbonyl (C=O) groups is 1. The van der Waals surface area contributed by atoms with Gasteiger partial charge >= 0.3 is 5.97 Å². The lowest BCUT2D eigenvalue weighted by Gasteiger charge is -2.10. The van der Waals surface area contributed by atoms with Crippen molar-refractivity contribution < 1.29 is 9.90 Å². The van der Waals surface area contributed by atoms with Crippen LogP contribution in [0.2, 0.25) is 5.02 Å². The van der Waals surface area contributed by atoms with Crippen molar-refractivity contribution in [3.8, 4) is 11.1 Å². The Kier molecular flexibility index (Phi) is 5.05. The van der Waals surface area contributed by atoms with Gasteiger partial charge in [-0.25, -0.2) is 0 Å². The van der Waals surface area contributed by atoms with E-state index >= 15 is 0 Å². The maximum absolute atomic E-state index is 10.5. The lowest BCUT2D eigenvalue weighted by atomic mass is 10.0. The molecule has 0 aliphatic heterocycles. The molecule has 0 radical (unpaired) electrons. The smallest absolute Gasteiger partial charge is 0.303 e. The Morgan fingerprint density at radius 3 is 2.35 bits per heavy atom. The Balaban J connectivity index is 2.14. The van der Waals surface area contributed by atoms with Crippen molar-refractivity contribution in [3.63, 3.8) is 0 Å². The van der Waals surface area contributed by atoms with Crippen LogP contribution >= 0.6 is 23.2 Å². The summed E-state index contributed by atoms with van der Waals surface area (Å²) < 4.78 is 0. The van der Waals surface area contributed by atoms with Gasteiger partial charge in [0.1, 0.15) is 0 Å². The summed E-state index contributed by atoms with van der Waals surface area (Å²) in [6.45, 7) is 0. The molecule has 1 N–H and O–H groups in total. The number of hydrogen-bond acceptors (Lipinski definition) is 1. The molecule has 2 rings (SSSR count). The van der Waals surface area contributed by atoms with Crippen LogP contribution in [-0.2, 0) is 4.79 Å². The number of aliphatic carboxylic acids is 1. The minimum absolute atomic E-state index is 0.0699. The highest BCUT2D eigenvalue weighted by atomic mass is 35.5. The van der Waals surface area contributed by atoms with Crippen molar-refractivity contribution >= 4 is 29.2 Å². The summed E-state index contributed by atoms with van der Waals surface area (Å²) in [5.74, 6) is -0.830. The molecule has 0 aliphatic rings. The first-order chi connectivity index (χ1) is 9.58. The van der Waals surface area contributed by atoms with Gasteiger partial charge in [0.2, 0.25) is 0 Å². The van der Waals surface area contributed by atoms with Crippen LogP contribution in [0, 0.1) is 0 Å². The Hall–Kier alpha value is -1.51. The van der Waals surface area contributed by atoms with Gasteiger partial charge in [0, 0.05) is 17.0 Å². The van der Waals surface area contributed by atoms with Gasteiger partial charge in [-0.15, -0.1) is 11.6 Å². The number of hydrogen-bond donors (Lipinski definition) is 1. The van der Waals surface area contributed by atoms with Crippen molar-refractivity contribution in [1.29, 1.82) is 0 Å². The Morgan fingerprint density at radius 2 is 1.75 bits per heavy atom. The minimum atomic E-state index is -0.830. The number of rotatable bonds is 5. The molecule has 4 heteroatoms. The highest BCUT2D eigenvalue weighted by molar-refractivity contribution is 6.33. The van der Waals surface area contributed by atoms with E-state index < -0.39 is 5.97 Å². The average Bonchev–Trinajstić information content (AvgIpc) is 2.45. The zero-order chi connectivity index (χ0) is 14.5. The zero-order valence-corrected chi connectivity index (χ0v) is 12.2. The van der Waals surface area contributed by atoms with E-state index in [1.165, 1.54) is 0 Å². The second-order valence-corrected chi connectivity index (χ2v) is 5.44. The average molecular weight is 309 g/mol. The van der Waals surface area contributed by atoms with Crippen LogP contribution in [0.4, 0.5) is 0 Å². The largest absolute Gasteiger partial charge is 0.481 e. The van der Waals surface area contributed by atoms with E-state index in [4.69, 9.17) is 28.3 Å². The molecular weight excluding hydrogens is 295 g/mol. The molecule has 0 amide bonds. The fourth-order valence-corrected chi connectivity index (χ4v) is 2.48. The molecule has 2 aromatic carbocycles. The maximum Gasteiger partial charge on any atom is 0.303 e. The SMILES string of the molecule is O=C(O)CCC(Cl)c1ccc(-c2ccccc2Cl)cc1. The molecule has 104 valence electrons. The van der Waals surface area contributed by atoms with Gasteiger partial charge in [0.05, 0.1) is 5.38 Å². The molecule has 2 nitrogen and oxygen atoms in total. The van der Waals surface area contributed by atoms with Gasteiger partial charge in [0.25, 0.3) is 0 Å².